The van der Waals surface area contributed by atoms with Crippen molar-refractivity contribution >= 4 is 17.6 Å². The molecule has 134 valence electrons. The Morgan fingerprint density at radius 1 is 1.04 bits per heavy atom. The zero-order valence-electron chi connectivity index (χ0n) is 14.5. The van der Waals surface area contributed by atoms with Gasteiger partial charge in [-0.1, -0.05) is 37.1 Å². The van der Waals surface area contributed by atoms with E-state index in [-0.39, 0.29) is 5.97 Å². The van der Waals surface area contributed by atoms with Gasteiger partial charge in [0, 0.05) is 5.02 Å². The van der Waals surface area contributed by atoms with Crippen LogP contribution in [0.1, 0.15) is 31.7 Å². The number of halogens is 1. The minimum atomic E-state index is -0.578. The van der Waals surface area contributed by atoms with E-state index in [1.165, 1.54) is 7.11 Å². The molecule has 0 saturated heterocycles. The maximum absolute atomic E-state index is 11.8. The van der Waals surface area contributed by atoms with E-state index in [1.54, 1.807) is 12.1 Å². The van der Waals surface area contributed by atoms with Crippen LogP contribution in [0, 0.1) is 0 Å². The van der Waals surface area contributed by atoms with E-state index in [1.807, 2.05) is 36.4 Å². The van der Waals surface area contributed by atoms with Crippen LogP contribution in [-0.4, -0.2) is 19.2 Å². The molecule has 2 aromatic rings. The molecule has 0 N–H and O–H groups in total. The molecule has 0 aliphatic rings. The van der Waals surface area contributed by atoms with Crippen molar-refractivity contribution in [2.24, 2.45) is 0 Å². The number of hydrogen-bond donors (Lipinski definition) is 0. The molecule has 0 aliphatic carbocycles. The number of unbranched alkanes of at least 4 members (excludes halogenated alkanes) is 1. The summed E-state index contributed by atoms with van der Waals surface area (Å²) in [5.41, 5.74) is 1.04. The lowest BCUT2D eigenvalue weighted by atomic mass is 10.1. The van der Waals surface area contributed by atoms with Gasteiger partial charge in [-0.2, -0.15) is 0 Å². The molecule has 0 saturated carbocycles. The van der Waals surface area contributed by atoms with Crippen LogP contribution >= 0.6 is 11.6 Å². The largest absolute Gasteiger partial charge is 0.489 e. The summed E-state index contributed by atoms with van der Waals surface area (Å²) >= 11 is 5.86. The minimum Gasteiger partial charge on any atom is -0.489 e. The highest BCUT2D eigenvalue weighted by Crippen LogP contribution is 2.21. The van der Waals surface area contributed by atoms with Crippen LogP contribution in [0.15, 0.2) is 48.5 Å². The van der Waals surface area contributed by atoms with Gasteiger partial charge in [-0.25, -0.2) is 4.79 Å². The number of ether oxygens (including phenoxy) is 3. The average Bonchev–Trinajstić information content (AvgIpc) is 2.65. The van der Waals surface area contributed by atoms with Crippen LogP contribution in [0.3, 0.4) is 0 Å². The molecule has 1 unspecified atom stereocenters. The van der Waals surface area contributed by atoms with Crippen LogP contribution in [0.2, 0.25) is 5.02 Å². The molecule has 0 fully saturated rings. The third kappa shape index (κ3) is 6.31. The van der Waals surface area contributed by atoms with Crippen molar-refractivity contribution in [1.29, 1.82) is 0 Å². The van der Waals surface area contributed by atoms with E-state index in [4.69, 9.17) is 25.8 Å². The summed E-state index contributed by atoms with van der Waals surface area (Å²) < 4.78 is 16.3. The number of esters is 1. The summed E-state index contributed by atoms with van der Waals surface area (Å²) in [6.45, 7) is 2.53. The van der Waals surface area contributed by atoms with Gasteiger partial charge in [-0.3, -0.25) is 0 Å². The lowest BCUT2D eigenvalue weighted by Gasteiger charge is -2.17. The lowest BCUT2D eigenvalue weighted by molar-refractivity contribution is -0.149. The molecule has 2 aromatic carbocycles. The molecule has 0 amide bonds. The fourth-order valence-corrected chi connectivity index (χ4v) is 2.40. The first kappa shape index (κ1) is 19.1. The summed E-state index contributed by atoms with van der Waals surface area (Å²) in [5, 5.41) is 0.702. The molecule has 0 radical (unpaired) electrons. The number of rotatable bonds is 9. The number of carbonyl (C=O) groups is 1. The average molecular weight is 363 g/mol. The summed E-state index contributed by atoms with van der Waals surface area (Å²) in [4.78, 5) is 11.8. The predicted molar refractivity (Wildman–Crippen MR) is 98.2 cm³/mol. The van der Waals surface area contributed by atoms with Gasteiger partial charge < -0.3 is 14.2 Å². The molecule has 2 rings (SSSR count). The second-order valence-corrected chi connectivity index (χ2v) is 6.09. The second kappa shape index (κ2) is 9.94. The Morgan fingerprint density at radius 2 is 1.68 bits per heavy atom. The lowest BCUT2D eigenvalue weighted by Crippen LogP contribution is -2.28. The Balaban J connectivity index is 1.91. The first-order chi connectivity index (χ1) is 12.1. The van der Waals surface area contributed by atoms with Gasteiger partial charge in [0.1, 0.15) is 18.1 Å². The van der Waals surface area contributed by atoms with Crippen LogP contribution in [0.25, 0.3) is 0 Å². The third-order valence-corrected chi connectivity index (χ3v) is 3.96. The fourth-order valence-electron chi connectivity index (χ4n) is 2.27. The summed E-state index contributed by atoms with van der Waals surface area (Å²) in [5.74, 6) is 0.993. The topological polar surface area (TPSA) is 44.8 Å². The van der Waals surface area contributed by atoms with Gasteiger partial charge in [-0.15, -0.1) is 0 Å². The van der Waals surface area contributed by atoms with Gasteiger partial charge in [0.15, 0.2) is 6.10 Å². The second-order valence-electron chi connectivity index (χ2n) is 5.66. The van der Waals surface area contributed by atoms with E-state index in [0.717, 1.165) is 24.2 Å². The Bertz CT molecular complexity index is 652. The summed E-state index contributed by atoms with van der Waals surface area (Å²) in [7, 11) is 1.37. The Kier molecular flexibility index (Phi) is 7.61. The zero-order chi connectivity index (χ0) is 18.1. The van der Waals surface area contributed by atoms with Crippen molar-refractivity contribution in [3.63, 3.8) is 0 Å². The Hall–Kier alpha value is -2.20. The molecular weight excluding hydrogens is 340 g/mol. The highest BCUT2D eigenvalue weighted by Gasteiger charge is 2.20. The highest BCUT2D eigenvalue weighted by molar-refractivity contribution is 6.30. The van der Waals surface area contributed by atoms with Crippen molar-refractivity contribution in [3.05, 3.63) is 59.1 Å². The third-order valence-electron chi connectivity index (χ3n) is 3.70. The van der Waals surface area contributed by atoms with Crippen molar-refractivity contribution in [2.75, 3.05) is 7.11 Å². The number of methoxy groups -OCH3 is 1. The standard InChI is InChI=1S/C20H23ClO4/c1-3-4-5-19(20(22)23-2)25-18-12-10-17(11-13-18)24-14-15-6-8-16(21)9-7-15/h6-13,19H,3-5,14H2,1-2H3. The first-order valence-electron chi connectivity index (χ1n) is 8.34. The maximum Gasteiger partial charge on any atom is 0.347 e. The van der Waals surface area contributed by atoms with Gasteiger partial charge in [0.2, 0.25) is 0 Å². The van der Waals surface area contributed by atoms with E-state index in [0.29, 0.717) is 23.8 Å². The molecule has 25 heavy (non-hydrogen) atoms. The number of hydrogen-bond acceptors (Lipinski definition) is 4. The molecule has 0 aliphatic heterocycles. The van der Waals surface area contributed by atoms with Gasteiger partial charge in [0.25, 0.3) is 0 Å². The van der Waals surface area contributed by atoms with Crippen LogP contribution in [-0.2, 0) is 16.1 Å². The Morgan fingerprint density at radius 3 is 2.28 bits per heavy atom. The van der Waals surface area contributed by atoms with Gasteiger partial charge >= 0.3 is 5.97 Å². The molecule has 0 bridgehead atoms. The van der Waals surface area contributed by atoms with E-state index in [9.17, 15) is 4.79 Å². The van der Waals surface area contributed by atoms with Crippen molar-refractivity contribution in [2.45, 2.75) is 38.9 Å². The first-order valence-corrected chi connectivity index (χ1v) is 8.72. The molecule has 4 nitrogen and oxygen atoms in total. The Labute approximate surface area is 153 Å². The van der Waals surface area contributed by atoms with Gasteiger partial charge in [-0.05, 0) is 54.8 Å². The van der Waals surface area contributed by atoms with Crippen molar-refractivity contribution in [3.8, 4) is 11.5 Å². The maximum atomic E-state index is 11.8. The number of carbonyl (C=O) groups excluding carboxylic acids is 1. The van der Waals surface area contributed by atoms with Crippen molar-refractivity contribution < 1.29 is 19.0 Å². The SMILES string of the molecule is CCCCC(Oc1ccc(OCc2ccc(Cl)cc2)cc1)C(=O)OC. The summed E-state index contributed by atoms with van der Waals surface area (Å²) in [6.07, 6.45) is 1.96. The zero-order valence-corrected chi connectivity index (χ0v) is 15.3. The van der Waals surface area contributed by atoms with Gasteiger partial charge in [0.05, 0.1) is 7.11 Å². The summed E-state index contributed by atoms with van der Waals surface area (Å²) in [6, 6.07) is 14.7. The van der Waals surface area contributed by atoms with E-state index in [2.05, 4.69) is 6.92 Å². The number of benzene rings is 2. The van der Waals surface area contributed by atoms with E-state index >= 15 is 0 Å². The monoisotopic (exact) mass is 362 g/mol. The molecule has 5 heteroatoms. The quantitative estimate of drug-likeness (QED) is 0.587. The molecule has 0 aromatic heterocycles. The minimum absolute atomic E-state index is 0.350. The predicted octanol–water partition coefficient (Wildman–Crippen LogP) is 5.03. The molecule has 0 heterocycles. The van der Waals surface area contributed by atoms with Crippen molar-refractivity contribution in [1.82, 2.24) is 0 Å². The van der Waals surface area contributed by atoms with Crippen LogP contribution in [0.4, 0.5) is 0 Å². The highest BCUT2D eigenvalue weighted by atomic mass is 35.5. The normalized spacial score (nSPS) is 11.6. The molecular formula is C20H23ClO4. The molecule has 1 atom stereocenters. The van der Waals surface area contributed by atoms with Crippen LogP contribution < -0.4 is 9.47 Å². The van der Waals surface area contributed by atoms with E-state index < -0.39 is 6.10 Å². The smallest absolute Gasteiger partial charge is 0.347 e. The fraction of sp³-hybridized carbons (Fsp3) is 0.350. The molecule has 0 spiro atoms. The van der Waals surface area contributed by atoms with Crippen LogP contribution in [0.5, 0.6) is 11.5 Å².